The highest BCUT2D eigenvalue weighted by atomic mass is 15.3. The number of aromatic nitrogens is 3. The maximum atomic E-state index is 4.74. The van der Waals surface area contributed by atoms with E-state index >= 15 is 0 Å². The Morgan fingerprint density at radius 3 is 2.77 bits per heavy atom. The van der Waals surface area contributed by atoms with Gasteiger partial charge in [0, 0.05) is 51.7 Å². The Hall–Kier alpha value is -2.21. The van der Waals surface area contributed by atoms with Gasteiger partial charge in [0.2, 0.25) is 5.95 Å². The molecular formula is C20H28N6. The lowest BCUT2D eigenvalue weighted by Crippen LogP contribution is -2.48. The Labute approximate surface area is 155 Å². The SMILES string of the molecule is Cc1cccc(CN2CCC3CCN(c4nccc(N(C)C)n4)CC32)n1. The zero-order valence-electron chi connectivity index (χ0n) is 16.0. The molecule has 0 spiro atoms. The highest BCUT2D eigenvalue weighted by molar-refractivity contribution is 5.43. The van der Waals surface area contributed by atoms with Crippen LogP contribution in [0.3, 0.4) is 0 Å². The lowest BCUT2D eigenvalue weighted by molar-refractivity contribution is 0.198. The van der Waals surface area contributed by atoms with E-state index in [9.17, 15) is 0 Å². The third-order valence-corrected chi connectivity index (χ3v) is 5.66. The molecule has 2 fully saturated rings. The van der Waals surface area contributed by atoms with Crippen molar-refractivity contribution in [3.63, 3.8) is 0 Å². The molecule has 6 nitrogen and oxygen atoms in total. The highest BCUT2D eigenvalue weighted by Gasteiger charge is 2.39. The first kappa shape index (κ1) is 17.2. The van der Waals surface area contributed by atoms with Crippen molar-refractivity contribution in [2.75, 3.05) is 43.5 Å². The molecule has 2 saturated heterocycles. The third-order valence-electron chi connectivity index (χ3n) is 5.66. The van der Waals surface area contributed by atoms with E-state index in [1.807, 2.05) is 31.3 Å². The van der Waals surface area contributed by atoms with E-state index in [2.05, 4.69) is 39.9 Å². The monoisotopic (exact) mass is 352 g/mol. The molecule has 0 aromatic carbocycles. The molecule has 138 valence electrons. The van der Waals surface area contributed by atoms with E-state index in [0.717, 1.165) is 49.6 Å². The summed E-state index contributed by atoms with van der Waals surface area (Å²) in [7, 11) is 4.04. The van der Waals surface area contributed by atoms with Crippen LogP contribution < -0.4 is 9.80 Å². The van der Waals surface area contributed by atoms with Gasteiger partial charge in [-0.3, -0.25) is 9.88 Å². The van der Waals surface area contributed by atoms with Crippen LogP contribution in [0.15, 0.2) is 30.5 Å². The standard InChI is InChI=1S/C20H28N6/c1-15-5-4-6-17(22-15)13-25-11-8-16-9-12-26(14-18(16)25)20-21-10-7-19(23-20)24(2)3/h4-7,10,16,18H,8-9,11-14H2,1-3H3. The fourth-order valence-corrected chi connectivity index (χ4v) is 4.24. The summed E-state index contributed by atoms with van der Waals surface area (Å²) < 4.78 is 0. The van der Waals surface area contributed by atoms with Crippen LogP contribution >= 0.6 is 0 Å². The van der Waals surface area contributed by atoms with E-state index in [1.165, 1.54) is 18.5 Å². The molecule has 6 heteroatoms. The van der Waals surface area contributed by atoms with Crippen molar-refractivity contribution in [2.45, 2.75) is 32.4 Å². The largest absolute Gasteiger partial charge is 0.363 e. The number of fused-ring (bicyclic) bond motifs is 1. The van der Waals surface area contributed by atoms with E-state index in [0.29, 0.717) is 6.04 Å². The second kappa shape index (κ2) is 7.19. The van der Waals surface area contributed by atoms with Crippen LogP contribution in [0.5, 0.6) is 0 Å². The van der Waals surface area contributed by atoms with Gasteiger partial charge in [-0.05, 0) is 50.4 Å². The van der Waals surface area contributed by atoms with E-state index in [-0.39, 0.29) is 0 Å². The van der Waals surface area contributed by atoms with Crippen LogP contribution in [0.25, 0.3) is 0 Å². The van der Waals surface area contributed by atoms with Gasteiger partial charge < -0.3 is 9.80 Å². The van der Waals surface area contributed by atoms with Crippen LogP contribution in [0, 0.1) is 12.8 Å². The topological polar surface area (TPSA) is 48.4 Å². The Bertz CT molecular complexity index is 761. The first-order valence-corrected chi connectivity index (χ1v) is 9.52. The summed E-state index contributed by atoms with van der Waals surface area (Å²) in [6.45, 7) is 6.22. The molecule has 0 bridgehead atoms. The van der Waals surface area contributed by atoms with Gasteiger partial charge in [0.1, 0.15) is 5.82 Å². The molecular weight excluding hydrogens is 324 g/mol. The average Bonchev–Trinajstić information content (AvgIpc) is 3.04. The number of piperidine rings is 1. The summed E-state index contributed by atoms with van der Waals surface area (Å²) in [6, 6.07) is 8.84. The van der Waals surface area contributed by atoms with Crippen molar-refractivity contribution in [3.05, 3.63) is 41.9 Å². The number of likely N-dealkylation sites (tertiary alicyclic amines) is 1. The highest BCUT2D eigenvalue weighted by Crippen LogP contribution is 2.33. The zero-order chi connectivity index (χ0) is 18.1. The summed E-state index contributed by atoms with van der Waals surface area (Å²) in [5.41, 5.74) is 2.27. The molecule has 0 aliphatic carbocycles. The van der Waals surface area contributed by atoms with Crippen LogP contribution in [0.4, 0.5) is 11.8 Å². The minimum Gasteiger partial charge on any atom is -0.363 e. The second-order valence-electron chi connectivity index (χ2n) is 7.70. The van der Waals surface area contributed by atoms with Gasteiger partial charge in [-0.15, -0.1) is 0 Å². The van der Waals surface area contributed by atoms with Crippen molar-refractivity contribution in [1.29, 1.82) is 0 Å². The van der Waals surface area contributed by atoms with Crippen molar-refractivity contribution in [1.82, 2.24) is 19.9 Å². The maximum absolute atomic E-state index is 4.74. The lowest BCUT2D eigenvalue weighted by atomic mass is 9.92. The molecule has 0 N–H and O–H groups in total. The van der Waals surface area contributed by atoms with E-state index in [1.54, 1.807) is 0 Å². The smallest absolute Gasteiger partial charge is 0.227 e. The second-order valence-corrected chi connectivity index (χ2v) is 7.70. The Morgan fingerprint density at radius 2 is 1.96 bits per heavy atom. The molecule has 0 saturated carbocycles. The zero-order valence-corrected chi connectivity index (χ0v) is 16.0. The van der Waals surface area contributed by atoms with E-state index in [4.69, 9.17) is 9.97 Å². The van der Waals surface area contributed by atoms with Gasteiger partial charge >= 0.3 is 0 Å². The molecule has 4 heterocycles. The van der Waals surface area contributed by atoms with Gasteiger partial charge in [0.15, 0.2) is 0 Å². The van der Waals surface area contributed by atoms with Crippen molar-refractivity contribution >= 4 is 11.8 Å². The van der Waals surface area contributed by atoms with Crippen LogP contribution in [0.2, 0.25) is 0 Å². The lowest BCUT2D eigenvalue weighted by Gasteiger charge is -2.38. The number of nitrogens with zero attached hydrogens (tertiary/aromatic N) is 6. The van der Waals surface area contributed by atoms with Gasteiger partial charge in [0.25, 0.3) is 0 Å². The average molecular weight is 352 g/mol. The number of hydrogen-bond donors (Lipinski definition) is 0. The van der Waals surface area contributed by atoms with E-state index < -0.39 is 0 Å². The third kappa shape index (κ3) is 3.51. The normalized spacial score (nSPS) is 23.1. The molecule has 0 amide bonds. The minimum atomic E-state index is 0.567. The van der Waals surface area contributed by atoms with Crippen molar-refractivity contribution < 1.29 is 0 Å². The number of hydrogen-bond acceptors (Lipinski definition) is 6. The number of anilines is 2. The number of aryl methyl sites for hydroxylation is 1. The molecule has 0 radical (unpaired) electrons. The fourth-order valence-electron chi connectivity index (χ4n) is 4.24. The quantitative estimate of drug-likeness (QED) is 0.842. The predicted octanol–water partition coefficient (Wildman–Crippen LogP) is 2.35. The van der Waals surface area contributed by atoms with Gasteiger partial charge in [0.05, 0.1) is 5.69 Å². The molecule has 26 heavy (non-hydrogen) atoms. The summed E-state index contributed by atoms with van der Waals surface area (Å²) in [5.74, 6) is 2.60. The fraction of sp³-hybridized carbons (Fsp3) is 0.550. The molecule has 2 aliphatic heterocycles. The van der Waals surface area contributed by atoms with Gasteiger partial charge in [-0.2, -0.15) is 4.98 Å². The Morgan fingerprint density at radius 1 is 1.12 bits per heavy atom. The Kier molecular flexibility index (Phi) is 4.76. The number of pyridine rings is 1. The van der Waals surface area contributed by atoms with Crippen LogP contribution in [-0.4, -0.2) is 59.6 Å². The van der Waals surface area contributed by atoms with Crippen molar-refractivity contribution in [3.8, 4) is 0 Å². The molecule has 2 aromatic rings. The molecule has 2 atom stereocenters. The van der Waals surface area contributed by atoms with Gasteiger partial charge in [-0.1, -0.05) is 6.07 Å². The molecule has 4 rings (SSSR count). The maximum Gasteiger partial charge on any atom is 0.227 e. The first-order valence-electron chi connectivity index (χ1n) is 9.52. The number of rotatable bonds is 4. The summed E-state index contributed by atoms with van der Waals surface area (Å²) in [6.07, 6.45) is 4.38. The van der Waals surface area contributed by atoms with Crippen LogP contribution in [0.1, 0.15) is 24.2 Å². The molecule has 2 aliphatic rings. The summed E-state index contributed by atoms with van der Waals surface area (Å²) in [4.78, 5) is 21.0. The summed E-state index contributed by atoms with van der Waals surface area (Å²) >= 11 is 0. The predicted molar refractivity (Wildman–Crippen MR) is 104 cm³/mol. The summed E-state index contributed by atoms with van der Waals surface area (Å²) in [5, 5.41) is 0. The van der Waals surface area contributed by atoms with Gasteiger partial charge in [-0.25, -0.2) is 4.98 Å². The molecule has 2 aromatic heterocycles. The molecule has 2 unspecified atom stereocenters. The van der Waals surface area contributed by atoms with Crippen LogP contribution in [-0.2, 0) is 6.54 Å². The Balaban J connectivity index is 1.49. The van der Waals surface area contributed by atoms with Crippen molar-refractivity contribution in [2.24, 2.45) is 5.92 Å². The minimum absolute atomic E-state index is 0.567. The first-order chi connectivity index (χ1) is 12.6.